The van der Waals surface area contributed by atoms with Crippen LogP contribution in [0.3, 0.4) is 0 Å². The lowest BCUT2D eigenvalue weighted by molar-refractivity contribution is 0.220. The number of carbonyl (C=O) groups excluding carboxylic acids is 1. The number of hydrogen-bond donors (Lipinski definition) is 1. The average Bonchev–Trinajstić information content (AvgIpc) is 2.42. The quantitative estimate of drug-likeness (QED) is 0.846. The highest BCUT2D eigenvalue weighted by Gasteiger charge is 2.10. The summed E-state index contributed by atoms with van der Waals surface area (Å²) in [7, 11) is 1.75. The van der Waals surface area contributed by atoms with E-state index in [2.05, 4.69) is 32.9 Å². The van der Waals surface area contributed by atoms with Crippen LogP contribution in [-0.2, 0) is 6.54 Å². The largest absolute Gasteiger partial charge is 0.322 e. The van der Waals surface area contributed by atoms with E-state index in [1.54, 1.807) is 18.1 Å². The first-order valence-corrected chi connectivity index (χ1v) is 6.91. The van der Waals surface area contributed by atoms with E-state index in [4.69, 9.17) is 0 Å². The van der Waals surface area contributed by atoms with Crippen LogP contribution >= 0.6 is 22.6 Å². The lowest BCUT2D eigenvalue weighted by Crippen LogP contribution is -2.31. The van der Waals surface area contributed by atoms with Gasteiger partial charge in [-0.3, -0.25) is 4.98 Å². The maximum atomic E-state index is 12.1. The van der Waals surface area contributed by atoms with Gasteiger partial charge in [-0.15, -0.1) is 0 Å². The first-order chi connectivity index (χ1) is 9.16. The molecule has 2 amide bonds. The Labute approximate surface area is 126 Å². The first-order valence-electron chi connectivity index (χ1n) is 5.83. The van der Waals surface area contributed by atoms with Gasteiger partial charge in [0.25, 0.3) is 0 Å². The lowest BCUT2D eigenvalue weighted by Gasteiger charge is -2.18. The maximum absolute atomic E-state index is 12.1. The Balaban J connectivity index is 1.99. The molecule has 0 saturated heterocycles. The molecule has 0 atom stereocenters. The van der Waals surface area contributed by atoms with Gasteiger partial charge in [0.2, 0.25) is 0 Å². The number of nitrogens with one attached hydrogen (secondary N) is 1. The molecule has 0 aliphatic rings. The fraction of sp³-hybridized carbons (Fsp3) is 0.143. The maximum Gasteiger partial charge on any atom is 0.321 e. The Morgan fingerprint density at radius 1 is 1.26 bits per heavy atom. The van der Waals surface area contributed by atoms with Crippen molar-refractivity contribution in [3.63, 3.8) is 0 Å². The van der Waals surface area contributed by atoms with Crippen molar-refractivity contribution in [1.82, 2.24) is 9.88 Å². The van der Waals surface area contributed by atoms with Gasteiger partial charge in [-0.25, -0.2) is 4.79 Å². The summed E-state index contributed by atoms with van der Waals surface area (Å²) in [5.41, 5.74) is 1.68. The van der Waals surface area contributed by atoms with Crippen LogP contribution in [0, 0.1) is 3.57 Å². The SMILES string of the molecule is CN(Cc1ccccn1)C(=O)Nc1ccccc1I. The van der Waals surface area contributed by atoms with Gasteiger partial charge in [0.05, 0.1) is 17.9 Å². The Morgan fingerprint density at radius 3 is 2.68 bits per heavy atom. The normalized spacial score (nSPS) is 10.0. The van der Waals surface area contributed by atoms with Gasteiger partial charge in [0.1, 0.15) is 0 Å². The Morgan fingerprint density at radius 2 is 2.00 bits per heavy atom. The number of para-hydroxylation sites is 1. The van der Waals surface area contributed by atoms with Crippen LogP contribution in [0.2, 0.25) is 0 Å². The van der Waals surface area contributed by atoms with Crippen molar-refractivity contribution in [3.8, 4) is 0 Å². The summed E-state index contributed by atoms with van der Waals surface area (Å²) in [4.78, 5) is 17.9. The van der Waals surface area contributed by atoms with Crippen LogP contribution in [0.15, 0.2) is 48.7 Å². The second-order valence-corrected chi connectivity index (χ2v) is 5.25. The highest BCUT2D eigenvalue weighted by atomic mass is 127. The Bertz CT molecular complexity index is 560. The van der Waals surface area contributed by atoms with E-state index in [-0.39, 0.29) is 6.03 Å². The summed E-state index contributed by atoms with van der Waals surface area (Å²) >= 11 is 2.20. The number of rotatable bonds is 3. The Kier molecular flexibility index (Phi) is 4.73. The summed E-state index contributed by atoms with van der Waals surface area (Å²) < 4.78 is 1.01. The highest BCUT2D eigenvalue weighted by molar-refractivity contribution is 14.1. The second kappa shape index (κ2) is 6.51. The van der Waals surface area contributed by atoms with Crippen molar-refractivity contribution in [3.05, 3.63) is 57.9 Å². The number of nitrogens with zero attached hydrogens (tertiary/aromatic N) is 2. The molecule has 98 valence electrons. The Hall–Kier alpha value is -1.63. The summed E-state index contributed by atoms with van der Waals surface area (Å²) in [6, 6.07) is 13.2. The van der Waals surface area contributed by atoms with Crippen molar-refractivity contribution >= 4 is 34.3 Å². The van der Waals surface area contributed by atoms with Crippen molar-refractivity contribution in [2.45, 2.75) is 6.54 Å². The van der Waals surface area contributed by atoms with Crippen LogP contribution in [-0.4, -0.2) is 23.0 Å². The van der Waals surface area contributed by atoms with Gasteiger partial charge in [-0.1, -0.05) is 18.2 Å². The predicted octanol–water partition coefficient (Wildman–Crippen LogP) is 3.35. The number of amides is 2. The van der Waals surface area contributed by atoms with Crippen molar-refractivity contribution in [1.29, 1.82) is 0 Å². The summed E-state index contributed by atoms with van der Waals surface area (Å²) in [6.45, 7) is 0.482. The topological polar surface area (TPSA) is 45.2 Å². The molecule has 5 heteroatoms. The molecule has 0 spiro atoms. The molecule has 19 heavy (non-hydrogen) atoms. The molecule has 0 radical (unpaired) electrons. The van der Waals surface area contributed by atoms with Gasteiger partial charge >= 0.3 is 6.03 Å². The molecule has 2 aromatic rings. The number of pyridine rings is 1. The average molecular weight is 367 g/mol. The smallest absolute Gasteiger partial charge is 0.321 e. The fourth-order valence-electron chi connectivity index (χ4n) is 1.58. The van der Waals surface area contributed by atoms with E-state index in [1.165, 1.54) is 0 Å². The molecule has 0 saturated carbocycles. The van der Waals surface area contributed by atoms with E-state index < -0.39 is 0 Å². The van der Waals surface area contributed by atoms with Gasteiger partial charge in [-0.2, -0.15) is 0 Å². The molecule has 2 rings (SSSR count). The number of aromatic nitrogens is 1. The van der Waals surface area contributed by atoms with E-state index in [0.717, 1.165) is 15.0 Å². The molecular formula is C14H14IN3O. The fourth-order valence-corrected chi connectivity index (χ4v) is 2.10. The van der Waals surface area contributed by atoms with E-state index in [0.29, 0.717) is 6.54 Å². The predicted molar refractivity (Wildman–Crippen MR) is 83.9 cm³/mol. The van der Waals surface area contributed by atoms with Crippen molar-refractivity contribution in [2.24, 2.45) is 0 Å². The third kappa shape index (κ3) is 3.92. The molecule has 0 bridgehead atoms. The summed E-state index contributed by atoms with van der Waals surface area (Å²) in [5.74, 6) is 0. The minimum absolute atomic E-state index is 0.144. The second-order valence-electron chi connectivity index (χ2n) is 4.09. The molecule has 0 aliphatic carbocycles. The van der Waals surface area contributed by atoms with Gasteiger partial charge in [-0.05, 0) is 46.9 Å². The molecule has 1 heterocycles. The van der Waals surface area contributed by atoms with Gasteiger partial charge in [0.15, 0.2) is 0 Å². The van der Waals surface area contributed by atoms with Crippen LogP contribution in [0.4, 0.5) is 10.5 Å². The standard InChI is InChI=1S/C14H14IN3O/c1-18(10-11-6-4-5-9-16-11)14(19)17-13-8-3-2-7-12(13)15/h2-9H,10H2,1H3,(H,17,19). The van der Waals surface area contributed by atoms with Crippen LogP contribution in [0.1, 0.15) is 5.69 Å². The molecular weight excluding hydrogens is 353 g/mol. The lowest BCUT2D eigenvalue weighted by atomic mass is 10.3. The van der Waals surface area contributed by atoms with Gasteiger partial charge < -0.3 is 10.2 Å². The van der Waals surface area contributed by atoms with E-state index >= 15 is 0 Å². The van der Waals surface area contributed by atoms with Crippen molar-refractivity contribution < 1.29 is 4.79 Å². The third-order valence-corrected chi connectivity index (χ3v) is 3.53. The van der Waals surface area contributed by atoms with E-state index in [9.17, 15) is 4.79 Å². The third-order valence-electron chi connectivity index (χ3n) is 2.59. The number of hydrogen-bond acceptors (Lipinski definition) is 2. The van der Waals surface area contributed by atoms with Crippen LogP contribution in [0.5, 0.6) is 0 Å². The number of halogens is 1. The minimum Gasteiger partial charge on any atom is -0.322 e. The van der Waals surface area contributed by atoms with Gasteiger partial charge in [0, 0.05) is 16.8 Å². The molecule has 1 N–H and O–H groups in total. The molecule has 0 fully saturated rings. The number of urea groups is 1. The minimum atomic E-state index is -0.144. The molecule has 4 nitrogen and oxygen atoms in total. The summed E-state index contributed by atoms with van der Waals surface area (Å²) in [6.07, 6.45) is 1.72. The van der Waals surface area contributed by atoms with Crippen LogP contribution < -0.4 is 5.32 Å². The first kappa shape index (κ1) is 13.8. The molecule has 0 unspecified atom stereocenters. The highest BCUT2D eigenvalue weighted by Crippen LogP contribution is 2.17. The zero-order valence-electron chi connectivity index (χ0n) is 10.5. The number of carbonyl (C=O) groups is 1. The number of anilines is 1. The zero-order valence-corrected chi connectivity index (χ0v) is 12.7. The summed E-state index contributed by atoms with van der Waals surface area (Å²) in [5, 5.41) is 2.88. The van der Waals surface area contributed by atoms with Crippen molar-refractivity contribution in [2.75, 3.05) is 12.4 Å². The zero-order chi connectivity index (χ0) is 13.7. The van der Waals surface area contributed by atoms with Crippen LogP contribution in [0.25, 0.3) is 0 Å². The monoisotopic (exact) mass is 367 g/mol. The van der Waals surface area contributed by atoms with E-state index in [1.807, 2.05) is 42.5 Å². The molecule has 0 aliphatic heterocycles. The molecule has 1 aromatic heterocycles. The number of benzene rings is 1. The molecule has 1 aromatic carbocycles.